The van der Waals surface area contributed by atoms with Gasteiger partial charge in [-0.05, 0) is 57.4 Å². The number of aromatic nitrogens is 3. The molecule has 1 fully saturated rings. The van der Waals surface area contributed by atoms with Crippen molar-refractivity contribution in [3.63, 3.8) is 0 Å². The molecule has 1 N–H and O–H groups in total. The smallest absolute Gasteiger partial charge is 0.147 e. The second kappa shape index (κ2) is 7.76. The van der Waals surface area contributed by atoms with Crippen molar-refractivity contribution in [2.75, 3.05) is 13.7 Å². The highest BCUT2D eigenvalue weighted by Crippen LogP contribution is 2.36. The van der Waals surface area contributed by atoms with Crippen LogP contribution in [0.3, 0.4) is 0 Å². The highest BCUT2D eigenvalue weighted by Gasteiger charge is 2.41. The van der Waals surface area contributed by atoms with E-state index in [1.807, 2.05) is 38.1 Å². The predicted molar refractivity (Wildman–Crippen MR) is 101 cm³/mol. The average molecular weight is 358 g/mol. The summed E-state index contributed by atoms with van der Waals surface area (Å²) in [4.78, 5) is 2.35. The lowest BCUT2D eigenvalue weighted by atomic mass is 9.86. The Balaban J connectivity index is 1.80. The maximum Gasteiger partial charge on any atom is 0.147 e. The topological polar surface area (TPSA) is 63.4 Å². The molecule has 0 bridgehead atoms. The molecular formula is C20H30N4O2. The van der Waals surface area contributed by atoms with Gasteiger partial charge in [0.15, 0.2) is 0 Å². The van der Waals surface area contributed by atoms with Crippen LogP contribution in [0.2, 0.25) is 0 Å². The minimum atomic E-state index is -0.923. The summed E-state index contributed by atoms with van der Waals surface area (Å²) >= 11 is 0. The number of ether oxygens (including phenoxy) is 1. The lowest BCUT2D eigenvalue weighted by molar-refractivity contribution is -0.0264. The van der Waals surface area contributed by atoms with Crippen molar-refractivity contribution < 1.29 is 9.84 Å². The Kier molecular flexibility index (Phi) is 5.63. The quantitative estimate of drug-likeness (QED) is 0.824. The van der Waals surface area contributed by atoms with E-state index in [2.05, 4.69) is 26.6 Å². The summed E-state index contributed by atoms with van der Waals surface area (Å²) in [6, 6.07) is 7.79. The molecule has 0 radical (unpaired) electrons. The van der Waals surface area contributed by atoms with Crippen molar-refractivity contribution in [2.45, 2.75) is 64.8 Å². The van der Waals surface area contributed by atoms with Gasteiger partial charge >= 0.3 is 0 Å². The first-order valence-electron chi connectivity index (χ1n) is 9.47. The van der Waals surface area contributed by atoms with Gasteiger partial charge in [0.2, 0.25) is 0 Å². The molecule has 142 valence electrons. The molecule has 1 aromatic carbocycles. The predicted octanol–water partition coefficient (Wildman–Crippen LogP) is 2.88. The second-order valence-electron chi connectivity index (χ2n) is 7.32. The lowest BCUT2D eigenvalue weighted by Crippen LogP contribution is -2.45. The van der Waals surface area contributed by atoms with Gasteiger partial charge < -0.3 is 14.4 Å². The number of aliphatic hydroxyl groups is 1. The molecule has 2 atom stereocenters. The zero-order valence-corrected chi connectivity index (χ0v) is 16.3. The molecule has 2 unspecified atom stereocenters. The molecule has 1 saturated heterocycles. The third-order valence-corrected chi connectivity index (χ3v) is 5.49. The molecule has 1 aliphatic rings. The number of benzene rings is 1. The Bertz CT molecular complexity index is 724. The van der Waals surface area contributed by atoms with Crippen LogP contribution in [0.4, 0.5) is 0 Å². The third kappa shape index (κ3) is 3.62. The van der Waals surface area contributed by atoms with Crippen molar-refractivity contribution in [1.29, 1.82) is 0 Å². The maximum absolute atomic E-state index is 11.4. The number of hydrogen-bond acceptors (Lipinski definition) is 5. The van der Waals surface area contributed by atoms with E-state index in [1.54, 1.807) is 7.11 Å². The SMILES string of the molecule is CCCn1c(C)nnc1CN1CCCC1C(C)(O)c1ccc(OC)cc1. The molecule has 6 heteroatoms. The Labute approximate surface area is 155 Å². The second-order valence-corrected chi connectivity index (χ2v) is 7.32. The van der Waals surface area contributed by atoms with E-state index in [-0.39, 0.29) is 6.04 Å². The van der Waals surface area contributed by atoms with Crippen LogP contribution in [-0.2, 0) is 18.7 Å². The molecule has 1 aromatic heterocycles. The van der Waals surface area contributed by atoms with Crippen LogP contribution in [0.1, 0.15) is 50.3 Å². The molecule has 0 aliphatic carbocycles. The van der Waals surface area contributed by atoms with Gasteiger partial charge in [-0.2, -0.15) is 0 Å². The Morgan fingerprint density at radius 1 is 1.27 bits per heavy atom. The van der Waals surface area contributed by atoms with Gasteiger partial charge in [-0.25, -0.2) is 0 Å². The molecule has 26 heavy (non-hydrogen) atoms. The third-order valence-electron chi connectivity index (χ3n) is 5.49. The molecular weight excluding hydrogens is 328 g/mol. The van der Waals surface area contributed by atoms with E-state index >= 15 is 0 Å². The number of methoxy groups -OCH3 is 1. The van der Waals surface area contributed by atoms with Crippen molar-refractivity contribution in [3.8, 4) is 5.75 Å². The van der Waals surface area contributed by atoms with Gasteiger partial charge in [0.25, 0.3) is 0 Å². The van der Waals surface area contributed by atoms with Gasteiger partial charge in [-0.1, -0.05) is 19.1 Å². The van der Waals surface area contributed by atoms with Crippen molar-refractivity contribution in [3.05, 3.63) is 41.5 Å². The number of aryl methyl sites for hydroxylation is 1. The molecule has 0 saturated carbocycles. The summed E-state index contributed by atoms with van der Waals surface area (Å²) in [6.45, 7) is 8.70. The highest BCUT2D eigenvalue weighted by atomic mass is 16.5. The number of rotatable bonds is 7. The summed E-state index contributed by atoms with van der Waals surface area (Å²) < 4.78 is 7.43. The lowest BCUT2D eigenvalue weighted by Gasteiger charge is -2.37. The summed E-state index contributed by atoms with van der Waals surface area (Å²) in [5, 5.41) is 20.0. The average Bonchev–Trinajstić information content (AvgIpc) is 3.24. The normalized spacial score (nSPS) is 20.3. The first-order valence-corrected chi connectivity index (χ1v) is 9.47. The Morgan fingerprint density at radius 2 is 2.00 bits per heavy atom. The zero-order valence-electron chi connectivity index (χ0n) is 16.3. The van der Waals surface area contributed by atoms with Crippen LogP contribution >= 0.6 is 0 Å². The van der Waals surface area contributed by atoms with Crippen LogP contribution < -0.4 is 4.74 Å². The van der Waals surface area contributed by atoms with Gasteiger partial charge in [-0.15, -0.1) is 10.2 Å². The molecule has 0 amide bonds. The van der Waals surface area contributed by atoms with Crippen LogP contribution in [0, 0.1) is 6.92 Å². The van der Waals surface area contributed by atoms with E-state index in [9.17, 15) is 5.11 Å². The minimum absolute atomic E-state index is 0.0583. The minimum Gasteiger partial charge on any atom is -0.497 e. The van der Waals surface area contributed by atoms with Crippen molar-refractivity contribution in [2.24, 2.45) is 0 Å². The fraction of sp³-hybridized carbons (Fsp3) is 0.600. The first kappa shape index (κ1) is 18.9. The maximum atomic E-state index is 11.4. The first-order chi connectivity index (χ1) is 12.5. The summed E-state index contributed by atoms with van der Waals surface area (Å²) in [7, 11) is 1.65. The van der Waals surface area contributed by atoms with Crippen molar-refractivity contribution >= 4 is 0 Å². The number of nitrogens with zero attached hydrogens (tertiary/aromatic N) is 4. The fourth-order valence-electron chi connectivity index (χ4n) is 4.01. The number of likely N-dealkylation sites (tertiary alicyclic amines) is 1. The molecule has 2 heterocycles. The molecule has 0 spiro atoms. The molecule has 3 rings (SSSR count). The standard InChI is InChI=1S/C20H30N4O2/c1-5-12-24-15(2)21-22-19(24)14-23-13-6-7-18(23)20(3,25)16-8-10-17(26-4)11-9-16/h8-11,18,25H,5-7,12-14H2,1-4H3. The molecule has 2 aromatic rings. The van der Waals surface area contributed by atoms with Gasteiger partial charge in [0.1, 0.15) is 23.0 Å². The van der Waals surface area contributed by atoms with Gasteiger partial charge in [-0.3, -0.25) is 4.90 Å². The summed E-state index contributed by atoms with van der Waals surface area (Å²) in [6.07, 6.45) is 3.11. The molecule has 6 nitrogen and oxygen atoms in total. The Hall–Kier alpha value is -1.92. The van der Waals surface area contributed by atoms with Gasteiger partial charge in [0.05, 0.1) is 13.7 Å². The van der Waals surface area contributed by atoms with E-state index in [4.69, 9.17) is 4.74 Å². The molecule has 1 aliphatic heterocycles. The highest BCUT2D eigenvalue weighted by molar-refractivity contribution is 5.31. The van der Waals surface area contributed by atoms with Crippen molar-refractivity contribution in [1.82, 2.24) is 19.7 Å². The monoisotopic (exact) mass is 358 g/mol. The largest absolute Gasteiger partial charge is 0.497 e. The fourth-order valence-corrected chi connectivity index (χ4v) is 4.01. The van der Waals surface area contributed by atoms with Crippen LogP contribution in [0.25, 0.3) is 0 Å². The van der Waals surface area contributed by atoms with Crippen LogP contribution in [0.5, 0.6) is 5.75 Å². The van der Waals surface area contributed by atoms with E-state index in [1.165, 1.54) is 0 Å². The van der Waals surface area contributed by atoms with E-state index in [0.29, 0.717) is 0 Å². The summed E-state index contributed by atoms with van der Waals surface area (Å²) in [5.74, 6) is 2.75. The van der Waals surface area contributed by atoms with Crippen LogP contribution in [0.15, 0.2) is 24.3 Å². The summed E-state index contributed by atoms with van der Waals surface area (Å²) in [5.41, 5.74) is -0.00522. The van der Waals surface area contributed by atoms with E-state index in [0.717, 1.165) is 61.9 Å². The number of hydrogen-bond donors (Lipinski definition) is 1. The Morgan fingerprint density at radius 3 is 2.65 bits per heavy atom. The zero-order chi connectivity index (χ0) is 18.7. The van der Waals surface area contributed by atoms with Gasteiger partial charge in [0, 0.05) is 12.6 Å². The van der Waals surface area contributed by atoms with Crippen LogP contribution in [-0.4, -0.2) is 44.5 Å². The van der Waals surface area contributed by atoms with E-state index < -0.39 is 5.60 Å².